The number of carbonyl (C=O) groups is 1. The standard InChI is InChI=1S/C20H30O/c1-3-5-6-7-8-9-10-11-12-17-20(21)19-16-14-13-15-18(19)4-2/h4,13-16H,2-3,5-12,17H2,1H3. The number of ketones is 1. The number of unbranched alkanes of at least 4 members (excludes halogenated alkanes) is 8. The van der Waals surface area contributed by atoms with Crippen LogP contribution in [0.4, 0.5) is 0 Å². The molecule has 0 amide bonds. The molecule has 0 spiro atoms. The first-order valence-corrected chi connectivity index (χ1v) is 8.54. The molecule has 0 fully saturated rings. The maximum atomic E-state index is 12.2. The van der Waals surface area contributed by atoms with Gasteiger partial charge in [-0.25, -0.2) is 0 Å². The Balaban J connectivity index is 2.12. The number of hydrogen-bond donors (Lipinski definition) is 0. The molecule has 0 aliphatic carbocycles. The molecule has 0 saturated carbocycles. The zero-order valence-electron chi connectivity index (χ0n) is 13.6. The number of benzene rings is 1. The Morgan fingerprint density at radius 3 is 2.14 bits per heavy atom. The van der Waals surface area contributed by atoms with Crippen molar-refractivity contribution >= 4 is 11.9 Å². The van der Waals surface area contributed by atoms with Crippen molar-refractivity contribution < 1.29 is 4.79 Å². The van der Waals surface area contributed by atoms with Crippen molar-refractivity contribution in [3.63, 3.8) is 0 Å². The van der Waals surface area contributed by atoms with Gasteiger partial charge in [0.15, 0.2) is 5.78 Å². The predicted molar refractivity (Wildman–Crippen MR) is 92.7 cm³/mol. The fourth-order valence-corrected chi connectivity index (χ4v) is 2.66. The molecule has 0 aliphatic rings. The van der Waals surface area contributed by atoms with Gasteiger partial charge in [-0.15, -0.1) is 0 Å². The molecule has 1 heteroatoms. The fourth-order valence-electron chi connectivity index (χ4n) is 2.66. The zero-order chi connectivity index (χ0) is 15.3. The normalized spacial score (nSPS) is 10.5. The molecule has 0 saturated heterocycles. The first-order valence-electron chi connectivity index (χ1n) is 8.54. The van der Waals surface area contributed by atoms with Gasteiger partial charge in [0.25, 0.3) is 0 Å². The highest BCUT2D eigenvalue weighted by Gasteiger charge is 2.08. The van der Waals surface area contributed by atoms with E-state index in [1.807, 2.05) is 24.3 Å². The summed E-state index contributed by atoms with van der Waals surface area (Å²) in [7, 11) is 0. The number of rotatable bonds is 12. The van der Waals surface area contributed by atoms with E-state index in [-0.39, 0.29) is 5.78 Å². The second kappa shape index (κ2) is 11.3. The summed E-state index contributed by atoms with van der Waals surface area (Å²) in [5.74, 6) is 0.258. The number of hydrogen-bond acceptors (Lipinski definition) is 1. The summed E-state index contributed by atoms with van der Waals surface area (Å²) in [6, 6.07) is 7.74. The van der Waals surface area contributed by atoms with Crippen LogP contribution in [0.15, 0.2) is 30.8 Å². The highest BCUT2D eigenvalue weighted by atomic mass is 16.1. The molecule has 0 aliphatic heterocycles. The van der Waals surface area contributed by atoms with Crippen LogP contribution in [0.2, 0.25) is 0 Å². The minimum absolute atomic E-state index is 0.258. The number of Topliss-reactive ketones (excluding diaryl/α,β-unsaturated/α-hetero) is 1. The summed E-state index contributed by atoms with van der Waals surface area (Å²) in [4.78, 5) is 12.2. The average Bonchev–Trinajstić information content (AvgIpc) is 2.53. The van der Waals surface area contributed by atoms with E-state index in [9.17, 15) is 4.79 Å². The van der Waals surface area contributed by atoms with Gasteiger partial charge in [-0.1, -0.05) is 95.2 Å². The third-order valence-corrected chi connectivity index (χ3v) is 3.99. The summed E-state index contributed by atoms with van der Waals surface area (Å²) in [5, 5.41) is 0. The Morgan fingerprint density at radius 2 is 1.52 bits per heavy atom. The van der Waals surface area contributed by atoms with Crippen molar-refractivity contribution in [3.8, 4) is 0 Å². The van der Waals surface area contributed by atoms with Gasteiger partial charge in [0.2, 0.25) is 0 Å². The van der Waals surface area contributed by atoms with Crippen molar-refractivity contribution in [1.29, 1.82) is 0 Å². The van der Waals surface area contributed by atoms with Crippen LogP contribution in [0, 0.1) is 0 Å². The lowest BCUT2D eigenvalue weighted by Crippen LogP contribution is -2.01. The van der Waals surface area contributed by atoms with Crippen LogP contribution in [0.1, 0.15) is 87.1 Å². The summed E-state index contributed by atoms with van der Waals surface area (Å²) in [5.41, 5.74) is 1.78. The van der Waals surface area contributed by atoms with Crippen molar-refractivity contribution in [2.24, 2.45) is 0 Å². The maximum absolute atomic E-state index is 12.2. The van der Waals surface area contributed by atoms with Gasteiger partial charge in [0.05, 0.1) is 0 Å². The smallest absolute Gasteiger partial charge is 0.163 e. The van der Waals surface area contributed by atoms with Crippen LogP contribution in [-0.2, 0) is 0 Å². The van der Waals surface area contributed by atoms with Crippen LogP contribution in [0.3, 0.4) is 0 Å². The van der Waals surface area contributed by atoms with Crippen molar-refractivity contribution in [1.82, 2.24) is 0 Å². The molecule has 21 heavy (non-hydrogen) atoms. The van der Waals surface area contributed by atoms with E-state index in [0.717, 1.165) is 17.5 Å². The average molecular weight is 286 g/mol. The van der Waals surface area contributed by atoms with E-state index in [1.54, 1.807) is 6.08 Å². The van der Waals surface area contributed by atoms with Gasteiger partial charge in [-0.3, -0.25) is 4.79 Å². The lowest BCUT2D eigenvalue weighted by atomic mass is 9.99. The highest BCUT2D eigenvalue weighted by molar-refractivity contribution is 5.99. The van der Waals surface area contributed by atoms with Gasteiger partial charge in [-0.2, -0.15) is 0 Å². The summed E-state index contributed by atoms with van der Waals surface area (Å²) >= 11 is 0. The van der Waals surface area contributed by atoms with E-state index in [1.165, 1.54) is 51.4 Å². The molecule has 0 bridgehead atoms. The fraction of sp³-hybridized carbons (Fsp3) is 0.550. The van der Waals surface area contributed by atoms with Crippen molar-refractivity contribution in [2.45, 2.75) is 71.1 Å². The predicted octanol–water partition coefficient (Wildman–Crippen LogP) is 6.43. The molecule has 1 rings (SSSR count). The van der Waals surface area contributed by atoms with Gasteiger partial charge >= 0.3 is 0 Å². The molecule has 0 unspecified atom stereocenters. The Hall–Kier alpha value is -1.37. The van der Waals surface area contributed by atoms with Crippen LogP contribution in [0.5, 0.6) is 0 Å². The highest BCUT2D eigenvalue weighted by Crippen LogP contribution is 2.15. The van der Waals surface area contributed by atoms with E-state index in [4.69, 9.17) is 0 Å². The van der Waals surface area contributed by atoms with Crippen molar-refractivity contribution in [2.75, 3.05) is 0 Å². The van der Waals surface area contributed by atoms with Gasteiger partial charge in [0, 0.05) is 12.0 Å². The van der Waals surface area contributed by atoms with E-state index in [0.29, 0.717) is 6.42 Å². The van der Waals surface area contributed by atoms with Crippen LogP contribution in [0.25, 0.3) is 6.08 Å². The lowest BCUT2D eigenvalue weighted by Gasteiger charge is -2.05. The molecular formula is C20H30O. The second-order valence-electron chi connectivity index (χ2n) is 5.79. The molecule has 1 aromatic carbocycles. The summed E-state index contributed by atoms with van der Waals surface area (Å²) < 4.78 is 0. The van der Waals surface area contributed by atoms with E-state index < -0.39 is 0 Å². The lowest BCUT2D eigenvalue weighted by molar-refractivity contribution is 0.0979. The third-order valence-electron chi connectivity index (χ3n) is 3.99. The zero-order valence-corrected chi connectivity index (χ0v) is 13.6. The molecule has 0 aromatic heterocycles. The Bertz CT molecular complexity index is 420. The molecule has 1 aromatic rings. The monoisotopic (exact) mass is 286 g/mol. The molecule has 0 heterocycles. The Kier molecular flexibility index (Phi) is 9.52. The Morgan fingerprint density at radius 1 is 0.952 bits per heavy atom. The molecule has 116 valence electrons. The first kappa shape index (κ1) is 17.7. The second-order valence-corrected chi connectivity index (χ2v) is 5.79. The third kappa shape index (κ3) is 7.27. The maximum Gasteiger partial charge on any atom is 0.163 e. The van der Waals surface area contributed by atoms with Crippen LogP contribution < -0.4 is 0 Å². The SMILES string of the molecule is C=Cc1ccccc1C(=O)CCCCCCCCCCC. The molecule has 0 N–H and O–H groups in total. The molecule has 1 nitrogen and oxygen atoms in total. The largest absolute Gasteiger partial charge is 0.294 e. The molecule has 0 radical (unpaired) electrons. The number of carbonyl (C=O) groups excluding carboxylic acids is 1. The van der Waals surface area contributed by atoms with Gasteiger partial charge < -0.3 is 0 Å². The van der Waals surface area contributed by atoms with E-state index >= 15 is 0 Å². The van der Waals surface area contributed by atoms with Crippen LogP contribution >= 0.6 is 0 Å². The molecular weight excluding hydrogens is 256 g/mol. The van der Waals surface area contributed by atoms with Crippen LogP contribution in [-0.4, -0.2) is 5.78 Å². The van der Waals surface area contributed by atoms with Gasteiger partial charge in [0.1, 0.15) is 0 Å². The molecule has 0 atom stereocenters. The van der Waals surface area contributed by atoms with E-state index in [2.05, 4.69) is 13.5 Å². The summed E-state index contributed by atoms with van der Waals surface area (Å²) in [6.07, 6.45) is 14.0. The topological polar surface area (TPSA) is 17.1 Å². The quantitative estimate of drug-likeness (QED) is 0.319. The Labute approximate surface area is 130 Å². The first-order chi connectivity index (χ1) is 10.3. The van der Waals surface area contributed by atoms with Gasteiger partial charge in [-0.05, 0) is 12.0 Å². The minimum atomic E-state index is 0.258. The minimum Gasteiger partial charge on any atom is -0.294 e. The summed E-state index contributed by atoms with van der Waals surface area (Å²) in [6.45, 7) is 6.02. The van der Waals surface area contributed by atoms with Crippen molar-refractivity contribution in [3.05, 3.63) is 42.0 Å².